The molecule has 0 amide bonds. The van der Waals surface area contributed by atoms with Crippen LogP contribution in [-0.4, -0.2) is 21.3 Å². The number of aliphatic carboxylic acids is 1. The summed E-state index contributed by atoms with van der Waals surface area (Å²) < 4.78 is 0. The molecule has 0 spiro atoms. The van der Waals surface area contributed by atoms with E-state index in [1.807, 2.05) is 0 Å². The first-order valence-electron chi connectivity index (χ1n) is 14.4. The zero-order valence-corrected chi connectivity index (χ0v) is 23.2. The third kappa shape index (κ3) is 2.63. The summed E-state index contributed by atoms with van der Waals surface area (Å²) in [4.78, 5) is 25.7. The average molecular weight is 495 g/mol. The maximum atomic E-state index is 12.9. The minimum atomic E-state index is -0.571. The molecule has 36 heavy (non-hydrogen) atoms. The molecule has 1 aromatic rings. The second-order valence-electron chi connectivity index (χ2n) is 15.0. The topological polar surface area (TPSA) is 85.9 Å². The van der Waals surface area contributed by atoms with Crippen LogP contribution in [0.3, 0.4) is 0 Å². The summed E-state index contributed by atoms with van der Waals surface area (Å²) in [6.45, 7) is 18.8. The van der Waals surface area contributed by atoms with E-state index in [2.05, 4.69) is 58.3 Å². The van der Waals surface area contributed by atoms with Gasteiger partial charge in [-0.15, -0.1) is 0 Å². The van der Waals surface area contributed by atoms with Gasteiger partial charge in [0.15, 0.2) is 0 Å². The number of carbonyl (C=O) groups is 1. The Labute approximate surface area is 215 Å². The quantitative estimate of drug-likeness (QED) is 0.413. The van der Waals surface area contributed by atoms with Crippen molar-refractivity contribution in [3.63, 3.8) is 0 Å². The minimum absolute atomic E-state index is 0.0593. The predicted molar refractivity (Wildman–Crippen MR) is 142 cm³/mol. The molecule has 0 bridgehead atoms. The number of rotatable bonds is 2. The van der Waals surface area contributed by atoms with Crippen LogP contribution in [0.5, 0.6) is 0 Å². The Balaban J connectivity index is 1.45. The molecule has 5 aliphatic rings. The largest absolute Gasteiger partial charge is 0.481 e. The molecule has 198 valence electrons. The average Bonchev–Trinajstić information content (AvgIpc) is 3.36. The zero-order chi connectivity index (χ0) is 26.1. The maximum absolute atomic E-state index is 12.9. The van der Waals surface area contributed by atoms with E-state index in [4.69, 9.17) is 0 Å². The van der Waals surface area contributed by atoms with Gasteiger partial charge in [-0.3, -0.25) is 14.7 Å². The van der Waals surface area contributed by atoms with Gasteiger partial charge in [-0.05, 0) is 111 Å². The first kappa shape index (κ1) is 24.6. The fourth-order valence-electron chi connectivity index (χ4n) is 12.0. The molecule has 3 N–H and O–H groups in total. The Kier molecular flexibility index (Phi) is 4.91. The van der Waals surface area contributed by atoms with Crippen LogP contribution in [0, 0.1) is 51.2 Å². The zero-order valence-electron chi connectivity index (χ0n) is 23.2. The van der Waals surface area contributed by atoms with E-state index in [0.717, 1.165) is 56.2 Å². The summed E-state index contributed by atoms with van der Waals surface area (Å²) >= 11 is 0. The summed E-state index contributed by atoms with van der Waals surface area (Å²) in [6, 6.07) is 0. The molecule has 5 aliphatic carbocycles. The molecular formula is C31H46N2O3. The molecule has 0 aliphatic heterocycles. The lowest BCUT2D eigenvalue weighted by Crippen LogP contribution is -2.67. The second kappa shape index (κ2) is 7.20. The summed E-state index contributed by atoms with van der Waals surface area (Å²) in [7, 11) is 0. The lowest BCUT2D eigenvalue weighted by Gasteiger charge is -2.72. The van der Waals surface area contributed by atoms with Gasteiger partial charge in [0.05, 0.1) is 5.41 Å². The monoisotopic (exact) mass is 494 g/mol. The summed E-state index contributed by atoms with van der Waals surface area (Å²) in [5, 5.41) is 16.7. The van der Waals surface area contributed by atoms with Crippen LogP contribution in [0.1, 0.15) is 104 Å². The van der Waals surface area contributed by atoms with Crippen molar-refractivity contribution in [1.29, 1.82) is 0 Å². The molecule has 6 rings (SSSR count). The molecule has 9 atom stereocenters. The molecule has 4 saturated carbocycles. The number of carboxylic acids is 1. The fourth-order valence-corrected chi connectivity index (χ4v) is 12.0. The smallest absolute Gasteiger partial charge is 0.309 e. The Morgan fingerprint density at radius 1 is 0.917 bits per heavy atom. The van der Waals surface area contributed by atoms with E-state index in [1.54, 1.807) is 0 Å². The Morgan fingerprint density at radius 2 is 1.64 bits per heavy atom. The van der Waals surface area contributed by atoms with Crippen LogP contribution in [0.2, 0.25) is 0 Å². The van der Waals surface area contributed by atoms with Crippen molar-refractivity contribution in [2.75, 3.05) is 0 Å². The Morgan fingerprint density at radius 3 is 2.31 bits per heavy atom. The van der Waals surface area contributed by atoms with E-state index in [1.165, 1.54) is 18.4 Å². The van der Waals surface area contributed by atoms with Crippen LogP contribution in [0.4, 0.5) is 0 Å². The van der Waals surface area contributed by atoms with E-state index in [-0.39, 0.29) is 33.1 Å². The second-order valence-corrected chi connectivity index (χ2v) is 15.0. The highest BCUT2D eigenvalue weighted by Crippen LogP contribution is 2.77. The molecule has 1 heterocycles. The van der Waals surface area contributed by atoms with Crippen molar-refractivity contribution < 1.29 is 9.90 Å². The van der Waals surface area contributed by atoms with Crippen LogP contribution >= 0.6 is 0 Å². The van der Waals surface area contributed by atoms with Crippen LogP contribution in [-0.2, 0) is 16.6 Å². The molecule has 0 unspecified atom stereocenters. The van der Waals surface area contributed by atoms with Gasteiger partial charge < -0.3 is 10.2 Å². The third-order valence-electron chi connectivity index (χ3n) is 13.7. The first-order chi connectivity index (χ1) is 16.7. The highest BCUT2D eigenvalue weighted by Gasteiger charge is 2.72. The third-order valence-corrected chi connectivity index (χ3v) is 13.7. The highest BCUT2D eigenvalue weighted by molar-refractivity contribution is 5.76. The molecule has 5 heteroatoms. The molecular weight excluding hydrogens is 448 g/mol. The maximum Gasteiger partial charge on any atom is 0.309 e. The van der Waals surface area contributed by atoms with E-state index < -0.39 is 11.4 Å². The number of aromatic amines is 2. The summed E-state index contributed by atoms with van der Waals surface area (Å²) in [5.74, 6) is 1.46. The van der Waals surface area contributed by atoms with Crippen molar-refractivity contribution >= 4 is 5.97 Å². The van der Waals surface area contributed by atoms with E-state index in [0.29, 0.717) is 23.7 Å². The number of H-pyrrole nitrogens is 2. The Bertz CT molecular complexity index is 1190. The highest BCUT2D eigenvalue weighted by atomic mass is 16.4. The van der Waals surface area contributed by atoms with Crippen molar-refractivity contribution in [3.8, 4) is 0 Å². The van der Waals surface area contributed by atoms with Crippen LogP contribution in [0.25, 0.3) is 0 Å². The summed E-state index contributed by atoms with van der Waals surface area (Å²) in [5.41, 5.74) is 3.02. The molecule has 0 aromatic carbocycles. The van der Waals surface area contributed by atoms with E-state index >= 15 is 0 Å². The number of nitrogens with one attached hydrogen (secondary N) is 2. The fraction of sp³-hybridized carbons (Fsp3) is 0.806. The Hall–Kier alpha value is -1.78. The number of aromatic nitrogens is 2. The molecule has 1 aromatic heterocycles. The number of hydrogen-bond donors (Lipinski definition) is 3. The van der Waals surface area contributed by atoms with Gasteiger partial charge >= 0.3 is 5.97 Å². The minimum Gasteiger partial charge on any atom is -0.481 e. The SMILES string of the molecule is C=C(C)[C@@H]1CC[C@]2(C(=O)O)CC[C@]3(C)[C@H](CC[C@@H]4[C@@]5(C)Cc6c([nH][nH]c6=O)C(C)(C)[C@@H]5CC[C@]43C)[C@@H]12. The summed E-state index contributed by atoms with van der Waals surface area (Å²) in [6.07, 6.45) is 9.08. The first-order valence-corrected chi connectivity index (χ1v) is 14.4. The lowest BCUT2D eigenvalue weighted by atomic mass is 9.32. The van der Waals surface area contributed by atoms with Gasteiger partial charge in [0.1, 0.15) is 0 Å². The van der Waals surface area contributed by atoms with Gasteiger partial charge in [-0.1, -0.05) is 46.8 Å². The number of hydrogen-bond acceptors (Lipinski definition) is 2. The van der Waals surface area contributed by atoms with Crippen LogP contribution < -0.4 is 5.56 Å². The van der Waals surface area contributed by atoms with Gasteiger partial charge in [-0.2, -0.15) is 0 Å². The number of carboxylic acid groups (broad SMARTS) is 1. The molecule has 0 saturated heterocycles. The molecule has 4 fully saturated rings. The molecule has 0 radical (unpaired) electrons. The van der Waals surface area contributed by atoms with Crippen LogP contribution in [0.15, 0.2) is 16.9 Å². The number of fused-ring (bicyclic) bond motifs is 8. The van der Waals surface area contributed by atoms with Crippen molar-refractivity contribution in [2.45, 2.75) is 105 Å². The van der Waals surface area contributed by atoms with Gasteiger partial charge in [0.25, 0.3) is 5.56 Å². The van der Waals surface area contributed by atoms with Crippen molar-refractivity contribution in [2.24, 2.45) is 51.2 Å². The van der Waals surface area contributed by atoms with Crippen molar-refractivity contribution in [3.05, 3.63) is 33.8 Å². The molecule has 5 nitrogen and oxygen atoms in total. The van der Waals surface area contributed by atoms with Gasteiger partial charge in [-0.25, -0.2) is 0 Å². The van der Waals surface area contributed by atoms with Gasteiger partial charge in [0, 0.05) is 16.7 Å². The van der Waals surface area contributed by atoms with Gasteiger partial charge in [0.2, 0.25) is 0 Å². The predicted octanol–water partition coefficient (Wildman–Crippen LogP) is 6.46. The normalized spacial score (nSPS) is 48.7. The standard InChI is InChI=1S/C31H46N2O3/c1-17(2)18-10-13-31(26(35)36)15-14-29(6)20(23(18)31)8-9-22-28(5)16-19-24(32-33-25(19)34)27(3,4)21(28)11-12-30(22,29)7/h18,20-23H,1,8-16H2,2-7H3,(H,35,36)(H2,32,33,34)/t18-,20+,21-,22+,23+,28-,29+,30+,31-/m0/s1. The van der Waals surface area contributed by atoms with E-state index in [9.17, 15) is 14.7 Å². The lowest BCUT2D eigenvalue weighted by molar-refractivity contribution is -0.227. The number of allylic oxidation sites excluding steroid dienone is 1. The van der Waals surface area contributed by atoms with Crippen molar-refractivity contribution in [1.82, 2.24) is 10.2 Å².